The molecule has 2 nitrogen and oxygen atoms in total. The van der Waals surface area contributed by atoms with Gasteiger partial charge in [-0.3, -0.25) is 4.79 Å². The second kappa shape index (κ2) is 7.95. The summed E-state index contributed by atoms with van der Waals surface area (Å²) >= 11 is 3.45. The number of hydrogen-bond donors (Lipinski definition) is 0. The lowest BCUT2D eigenvalue weighted by molar-refractivity contribution is 0.104. The van der Waals surface area contributed by atoms with Crippen LogP contribution in [0, 0.1) is 0 Å². The van der Waals surface area contributed by atoms with E-state index in [0.29, 0.717) is 5.56 Å². The highest BCUT2D eigenvalue weighted by Crippen LogP contribution is 2.26. The minimum absolute atomic E-state index is 0.0234. The van der Waals surface area contributed by atoms with Gasteiger partial charge < -0.3 is 4.74 Å². The van der Waals surface area contributed by atoms with Gasteiger partial charge in [-0.05, 0) is 56.9 Å². The lowest BCUT2D eigenvalue weighted by Gasteiger charge is -2.04. The van der Waals surface area contributed by atoms with Gasteiger partial charge in [-0.2, -0.15) is 0 Å². The molecule has 0 atom stereocenters. The molecule has 0 heterocycles. The molecule has 0 spiro atoms. The van der Waals surface area contributed by atoms with Crippen LogP contribution in [0.15, 0.2) is 83.3 Å². The quantitative estimate of drug-likeness (QED) is 0.391. The summed E-state index contributed by atoms with van der Waals surface area (Å²) in [7, 11) is 1.62. The second-order valence-corrected chi connectivity index (χ2v) is 6.39. The molecule has 0 saturated carbocycles. The third-order valence-electron chi connectivity index (χ3n) is 3.86. The average molecular weight is 393 g/mol. The van der Waals surface area contributed by atoms with Gasteiger partial charge in [-0.1, -0.05) is 60.7 Å². The minimum Gasteiger partial charge on any atom is -0.496 e. The normalized spacial score (nSPS) is 10.8. The fourth-order valence-corrected chi connectivity index (χ4v) is 3.10. The largest absolute Gasteiger partial charge is 0.496 e. The van der Waals surface area contributed by atoms with E-state index >= 15 is 0 Å². The van der Waals surface area contributed by atoms with Gasteiger partial charge in [0, 0.05) is 5.56 Å². The van der Waals surface area contributed by atoms with E-state index in [9.17, 15) is 4.79 Å². The van der Waals surface area contributed by atoms with Crippen molar-refractivity contribution in [3.63, 3.8) is 0 Å². The van der Waals surface area contributed by atoms with Gasteiger partial charge in [0.25, 0.3) is 0 Å². The topological polar surface area (TPSA) is 26.3 Å². The molecule has 0 aliphatic heterocycles. The first-order valence-corrected chi connectivity index (χ1v) is 8.68. The van der Waals surface area contributed by atoms with Gasteiger partial charge in [-0.15, -0.1) is 0 Å². The molecule has 0 aliphatic rings. The van der Waals surface area contributed by atoms with E-state index in [1.807, 2.05) is 78.9 Å². The van der Waals surface area contributed by atoms with Gasteiger partial charge in [0.05, 0.1) is 11.6 Å². The van der Waals surface area contributed by atoms with Crippen molar-refractivity contribution in [2.75, 3.05) is 7.11 Å². The number of methoxy groups -OCH3 is 1. The Bertz CT molecular complexity index is 914. The third kappa shape index (κ3) is 4.25. The summed E-state index contributed by atoms with van der Waals surface area (Å²) in [5.74, 6) is 0.740. The highest BCUT2D eigenvalue weighted by Gasteiger charge is 2.05. The van der Waals surface area contributed by atoms with Crippen LogP contribution in [0.25, 0.3) is 17.2 Å². The van der Waals surface area contributed by atoms with Crippen molar-refractivity contribution < 1.29 is 9.53 Å². The van der Waals surface area contributed by atoms with Crippen LogP contribution < -0.4 is 4.74 Å². The lowest BCUT2D eigenvalue weighted by atomic mass is 10.0. The Balaban J connectivity index is 1.81. The number of ketones is 1. The lowest BCUT2D eigenvalue weighted by Crippen LogP contribution is -1.94. The van der Waals surface area contributed by atoms with Gasteiger partial charge >= 0.3 is 0 Å². The maximum Gasteiger partial charge on any atom is 0.185 e. The Hall–Kier alpha value is -2.65. The molecular formula is C22H17BrO2. The van der Waals surface area contributed by atoms with Crippen LogP contribution in [0.4, 0.5) is 0 Å². The van der Waals surface area contributed by atoms with Crippen LogP contribution in [0.1, 0.15) is 15.9 Å². The Morgan fingerprint density at radius 2 is 1.68 bits per heavy atom. The second-order valence-electron chi connectivity index (χ2n) is 5.54. The molecular weight excluding hydrogens is 376 g/mol. The molecule has 3 aromatic carbocycles. The van der Waals surface area contributed by atoms with Crippen molar-refractivity contribution in [1.29, 1.82) is 0 Å². The molecule has 0 aromatic heterocycles. The summed E-state index contributed by atoms with van der Waals surface area (Å²) in [6.45, 7) is 0. The number of carbonyl (C=O) groups excluding carboxylic acids is 1. The molecule has 0 N–H and O–H groups in total. The maximum absolute atomic E-state index is 12.5. The zero-order valence-electron chi connectivity index (χ0n) is 13.8. The first-order valence-electron chi connectivity index (χ1n) is 7.89. The van der Waals surface area contributed by atoms with Gasteiger partial charge in [-0.25, -0.2) is 0 Å². The number of halogens is 1. The van der Waals surface area contributed by atoms with E-state index in [0.717, 1.165) is 26.9 Å². The Morgan fingerprint density at radius 1 is 0.920 bits per heavy atom. The molecule has 0 radical (unpaired) electrons. The molecule has 0 unspecified atom stereocenters. The SMILES string of the molecule is COc1ccc(/C=C/C(=O)c2cccc(-c3ccccc3)c2)cc1Br. The summed E-state index contributed by atoms with van der Waals surface area (Å²) < 4.78 is 6.07. The average Bonchev–Trinajstić information content (AvgIpc) is 2.67. The first kappa shape index (κ1) is 17.2. The van der Waals surface area contributed by atoms with Gasteiger partial charge in [0.15, 0.2) is 5.78 Å². The summed E-state index contributed by atoms with van der Waals surface area (Å²) in [5, 5.41) is 0. The van der Waals surface area contributed by atoms with Crippen molar-refractivity contribution in [3.8, 4) is 16.9 Å². The highest BCUT2D eigenvalue weighted by atomic mass is 79.9. The fraction of sp³-hybridized carbons (Fsp3) is 0.0455. The van der Waals surface area contributed by atoms with E-state index < -0.39 is 0 Å². The van der Waals surface area contributed by atoms with Crippen molar-refractivity contribution in [2.45, 2.75) is 0 Å². The molecule has 0 aliphatic carbocycles. The van der Waals surface area contributed by atoms with Crippen LogP contribution in [-0.2, 0) is 0 Å². The Labute approximate surface area is 155 Å². The molecule has 3 heteroatoms. The number of ether oxygens (including phenoxy) is 1. The van der Waals surface area contributed by atoms with E-state index in [1.165, 1.54) is 0 Å². The standard InChI is InChI=1S/C22H17BrO2/c1-25-22-13-11-16(14-20(22)23)10-12-21(24)19-9-5-8-18(15-19)17-6-3-2-4-7-17/h2-15H,1H3/b12-10+. The smallest absolute Gasteiger partial charge is 0.185 e. The van der Waals surface area contributed by atoms with Crippen molar-refractivity contribution in [2.24, 2.45) is 0 Å². The van der Waals surface area contributed by atoms with Crippen molar-refractivity contribution in [1.82, 2.24) is 0 Å². The molecule has 0 fully saturated rings. The summed E-state index contributed by atoms with van der Waals surface area (Å²) in [5.41, 5.74) is 3.73. The summed E-state index contributed by atoms with van der Waals surface area (Å²) in [6.07, 6.45) is 3.40. The molecule has 0 amide bonds. The number of carbonyl (C=O) groups is 1. The third-order valence-corrected chi connectivity index (χ3v) is 4.48. The van der Waals surface area contributed by atoms with E-state index in [2.05, 4.69) is 15.9 Å². The predicted molar refractivity (Wildman–Crippen MR) is 106 cm³/mol. The van der Waals surface area contributed by atoms with Crippen LogP contribution >= 0.6 is 15.9 Å². The molecule has 0 saturated heterocycles. The molecule has 3 rings (SSSR count). The maximum atomic E-state index is 12.5. The Morgan fingerprint density at radius 3 is 2.40 bits per heavy atom. The highest BCUT2D eigenvalue weighted by molar-refractivity contribution is 9.10. The predicted octanol–water partition coefficient (Wildman–Crippen LogP) is 6.02. The molecule has 3 aromatic rings. The molecule has 25 heavy (non-hydrogen) atoms. The molecule has 124 valence electrons. The monoisotopic (exact) mass is 392 g/mol. The minimum atomic E-state index is -0.0234. The van der Waals surface area contributed by atoms with Gasteiger partial charge in [0.2, 0.25) is 0 Å². The fourth-order valence-electron chi connectivity index (χ4n) is 2.54. The summed E-state index contributed by atoms with van der Waals surface area (Å²) in [4.78, 5) is 12.5. The number of rotatable bonds is 5. The Kier molecular flexibility index (Phi) is 5.46. The van der Waals surface area contributed by atoms with E-state index in [-0.39, 0.29) is 5.78 Å². The first-order chi connectivity index (χ1) is 12.2. The van der Waals surface area contributed by atoms with E-state index in [1.54, 1.807) is 13.2 Å². The van der Waals surface area contributed by atoms with Crippen LogP contribution in [0.5, 0.6) is 5.75 Å². The summed E-state index contributed by atoms with van der Waals surface area (Å²) in [6, 6.07) is 23.4. The number of hydrogen-bond acceptors (Lipinski definition) is 2. The molecule has 0 bridgehead atoms. The van der Waals surface area contributed by atoms with Crippen molar-refractivity contribution >= 4 is 27.8 Å². The zero-order chi connectivity index (χ0) is 17.6. The van der Waals surface area contributed by atoms with Gasteiger partial charge in [0.1, 0.15) is 5.75 Å². The van der Waals surface area contributed by atoms with Crippen LogP contribution in [0.3, 0.4) is 0 Å². The van der Waals surface area contributed by atoms with Crippen molar-refractivity contribution in [3.05, 3.63) is 94.5 Å². The van der Waals surface area contributed by atoms with Crippen LogP contribution in [0.2, 0.25) is 0 Å². The van der Waals surface area contributed by atoms with E-state index in [4.69, 9.17) is 4.74 Å². The number of benzene rings is 3. The van der Waals surface area contributed by atoms with Crippen LogP contribution in [-0.4, -0.2) is 12.9 Å². The zero-order valence-corrected chi connectivity index (χ0v) is 15.4. The number of allylic oxidation sites excluding steroid dienone is 1.